The Kier molecular flexibility index (Phi) is 17.9. The molecule has 0 amide bonds. The number of hydrogen-bond acceptors (Lipinski definition) is 5. The Balaban J connectivity index is -0.00000180. The monoisotopic (exact) mass is 356 g/mol. The Bertz CT molecular complexity index is 425. The number of aliphatic carboxylic acids is 1. The third-order valence-corrected chi connectivity index (χ3v) is 4.10. The normalized spacial score (nSPS) is 13.2. The molecule has 0 heterocycles. The molecule has 0 aliphatic heterocycles. The topological polar surface area (TPSA) is 118 Å². The Hall–Kier alpha value is 0.850. The third kappa shape index (κ3) is 12.3. The van der Waals surface area contributed by atoms with Gasteiger partial charge in [0.1, 0.15) is 0 Å². The van der Waals surface area contributed by atoms with Crippen LogP contribution in [0.4, 0.5) is 0 Å². The van der Waals surface area contributed by atoms with Crippen molar-refractivity contribution < 1.29 is 32.4 Å². The summed E-state index contributed by atoms with van der Waals surface area (Å²) in [5.74, 6) is -2.54. The SMILES string of the molecule is CCCCC(CC)COC(=O)CC(C(=O)O)S(=O)(=O)O.[Na].[Na]. The Labute approximate surface area is 175 Å². The van der Waals surface area contributed by atoms with Gasteiger partial charge in [0.05, 0.1) is 13.0 Å². The van der Waals surface area contributed by atoms with Crippen molar-refractivity contribution in [3.63, 3.8) is 0 Å². The van der Waals surface area contributed by atoms with Gasteiger partial charge in [-0.2, -0.15) is 8.42 Å². The molecule has 120 valence electrons. The van der Waals surface area contributed by atoms with Crippen LogP contribution >= 0.6 is 0 Å². The second-order valence-electron chi connectivity index (χ2n) is 4.65. The Morgan fingerprint density at radius 3 is 2.09 bits per heavy atom. The molecule has 0 aromatic heterocycles. The van der Waals surface area contributed by atoms with E-state index in [1.54, 1.807) is 0 Å². The molecule has 2 unspecified atom stereocenters. The van der Waals surface area contributed by atoms with Gasteiger partial charge in [-0.3, -0.25) is 14.1 Å². The second-order valence-corrected chi connectivity index (χ2v) is 6.24. The molecule has 2 N–H and O–H groups in total. The summed E-state index contributed by atoms with van der Waals surface area (Å²) in [6.45, 7) is 4.13. The van der Waals surface area contributed by atoms with Crippen LogP contribution in [-0.4, -0.2) is 101 Å². The van der Waals surface area contributed by atoms with Crippen molar-refractivity contribution >= 4 is 81.2 Å². The van der Waals surface area contributed by atoms with E-state index in [9.17, 15) is 18.0 Å². The summed E-state index contributed by atoms with van der Waals surface area (Å²) >= 11 is 0. The molecular weight excluding hydrogens is 334 g/mol. The molecule has 0 aromatic carbocycles. The summed E-state index contributed by atoms with van der Waals surface area (Å²) in [4.78, 5) is 22.1. The average molecular weight is 356 g/mol. The second kappa shape index (κ2) is 14.2. The Morgan fingerprint density at radius 1 is 1.18 bits per heavy atom. The smallest absolute Gasteiger partial charge is 0.325 e. The quantitative estimate of drug-likeness (QED) is 0.336. The van der Waals surface area contributed by atoms with E-state index in [0.717, 1.165) is 25.7 Å². The summed E-state index contributed by atoms with van der Waals surface area (Å²) in [5, 5.41) is 6.48. The van der Waals surface area contributed by atoms with Crippen molar-refractivity contribution in [3.05, 3.63) is 0 Å². The van der Waals surface area contributed by atoms with Gasteiger partial charge in [-0.1, -0.05) is 33.1 Å². The van der Waals surface area contributed by atoms with E-state index < -0.39 is 33.7 Å². The summed E-state index contributed by atoms with van der Waals surface area (Å²) in [6, 6.07) is 0. The van der Waals surface area contributed by atoms with Crippen LogP contribution in [0, 0.1) is 5.92 Å². The minimum atomic E-state index is -4.82. The molecule has 0 saturated heterocycles. The van der Waals surface area contributed by atoms with E-state index in [1.807, 2.05) is 13.8 Å². The van der Waals surface area contributed by atoms with Gasteiger partial charge in [-0.15, -0.1) is 0 Å². The van der Waals surface area contributed by atoms with Crippen molar-refractivity contribution in [3.8, 4) is 0 Å². The minimum Gasteiger partial charge on any atom is -0.480 e. The fraction of sp³-hybridized carbons (Fsp3) is 0.833. The number of hydrogen-bond donors (Lipinski definition) is 2. The first kappa shape index (κ1) is 27.7. The summed E-state index contributed by atoms with van der Waals surface area (Å²) < 4.78 is 35.2. The molecule has 0 bridgehead atoms. The van der Waals surface area contributed by atoms with E-state index in [2.05, 4.69) is 0 Å². The predicted octanol–water partition coefficient (Wildman–Crippen LogP) is 0.715. The largest absolute Gasteiger partial charge is 0.480 e. The molecule has 2 atom stereocenters. The number of rotatable bonds is 10. The third-order valence-electron chi connectivity index (χ3n) is 3.01. The first-order valence-electron chi connectivity index (χ1n) is 6.57. The molecule has 0 aromatic rings. The average Bonchev–Trinajstić information content (AvgIpc) is 2.34. The fourth-order valence-electron chi connectivity index (χ4n) is 1.64. The van der Waals surface area contributed by atoms with E-state index >= 15 is 0 Å². The maximum absolute atomic E-state index is 11.4. The number of carbonyl (C=O) groups excluding carboxylic acids is 1. The molecule has 0 spiro atoms. The van der Waals surface area contributed by atoms with Crippen molar-refractivity contribution in [1.29, 1.82) is 0 Å². The van der Waals surface area contributed by atoms with Gasteiger partial charge in [0.15, 0.2) is 5.25 Å². The van der Waals surface area contributed by atoms with Crippen molar-refractivity contribution in [1.82, 2.24) is 0 Å². The van der Waals surface area contributed by atoms with E-state index in [-0.39, 0.29) is 71.6 Å². The molecule has 7 nitrogen and oxygen atoms in total. The number of ether oxygens (including phenoxy) is 1. The van der Waals surface area contributed by atoms with E-state index in [4.69, 9.17) is 14.4 Å². The van der Waals surface area contributed by atoms with Crippen LogP contribution in [0.25, 0.3) is 0 Å². The zero-order valence-electron chi connectivity index (χ0n) is 13.7. The molecule has 22 heavy (non-hydrogen) atoms. The van der Waals surface area contributed by atoms with E-state index in [1.165, 1.54) is 0 Å². The van der Waals surface area contributed by atoms with Gasteiger partial charge in [0.2, 0.25) is 0 Å². The number of unbranched alkanes of at least 4 members (excludes halogenated alkanes) is 1. The van der Waals surface area contributed by atoms with Crippen LogP contribution in [0.15, 0.2) is 0 Å². The van der Waals surface area contributed by atoms with Crippen LogP contribution in [0.2, 0.25) is 0 Å². The Morgan fingerprint density at radius 2 is 1.73 bits per heavy atom. The molecule has 0 aliphatic carbocycles. The predicted molar refractivity (Wildman–Crippen MR) is 83.4 cm³/mol. The molecule has 10 heteroatoms. The maximum Gasteiger partial charge on any atom is 0.325 e. The zero-order valence-corrected chi connectivity index (χ0v) is 18.6. The molecule has 0 saturated carbocycles. The van der Waals surface area contributed by atoms with Crippen LogP contribution < -0.4 is 0 Å². The van der Waals surface area contributed by atoms with Crippen molar-refractivity contribution in [2.75, 3.05) is 6.61 Å². The fourth-order valence-corrected chi connectivity index (χ4v) is 2.24. The van der Waals surface area contributed by atoms with Gasteiger partial charge >= 0.3 is 11.9 Å². The number of esters is 1. The van der Waals surface area contributed by atoms with Gasteiger partial charge in [-0.25, -0.2) is 0 Å². The first-order valence-corrected chi connectivity index (χ1v) is 8.07. The summed E-state index contributed by atoms with van der Waals surface area (Å²) in [5.41, 5.74) is 0. The molecule has 0 fully saturated rings. The molecule has 0 aliphatic rings. The standard InChI is InChI=1S/C12H22O7S.2Na/c1-3-5-6-9(4-2)8-19-11(13)7-10(12(14)15)20(16,17)18;;/h9-10H,3-8H2,1-2H3,(H,14,15)(H,16,17,18);;. The first-order chi connectivity index (χ1) is 9.22. The van der Waals surface area contributed by atoms with Gasteiger partial charge in [0, 0.05) is 59.1 Å². The van der Waals surface area contributed by atoms with Crippen molar-refractivity contribution in [2.24, 2.45) is 5.92 Å². The zero-order chi connectivity index (χ0) is 15.8. The van der Waals surface area contributed by atoms with Crippen molar-refractivity contribution in [2.45, 2.75) is 51.2 Å². The summed E-state index contributed by atoms with van der Waals surface area (Å²) in [7, 11) is -4.82. The van der Waals surface area contributed by atoms with Gasteiger partial charge < -0.3 is 9.84 Å². The number of carbonyl (C=O) groups is 2. The number of carboxylic acids is 1. The van der Waals surface area contributed by atoms with Crippen LogP contribution in [-0.2, 0) is 24.4 Å². The summed E-state index contributed by atoms with van der Waals surface area (Å²) in [6.07, 6.45) is 2.83. The molecular formula is C12H22Na2O7S. The van der Waals surface area contributed by atoms with Crippen LogP contribution in [0.1, 0.15) is 46.0 Å². The maximum atomic E-state index is 11.4. The molecule has 0 rings (SSSR count). The van der Waals surface area contributed by atoms with Crippen LogP contribution in [0.5, 0.6) is 0 Å². The van der Waals surface area contributed by atoms with E-state index in [0.29, 0.717) is 0 Å². The minimum absolute atomic E-state index is 0. The molecule has 2 radical (unpaired) electrons. The number of carboxylic acid groups (broad SMARTS) is 1. The van der Waals surface area contributed by atoms with Gasteiger partial charge in [-0.05, 0) is 12.3 Å². The van der Waals surface area contributed by atoms with Gasteiger partial charge in [0.25, 0.3) is 10.1 Å². The van der Waals surface area contributed by atoms with Crippen LogP contribution in [0.3, 0.4) is 0 Å².